The second-order valence-corrected chi connectivity index (χ2v) is 11.0. The second-order valence-electron chi connectivity index (χ2n) is 11.0. The van der Waals surface area contributed by atoms with Crippen molar-refractivity contribution in [1.82, 2.24) is 14.8 Å². The van der Waals surface area contributed by atoms with Crippen LogP contribution in [0.1, 0.15) is 18.5 Å². The molecule has 1 heterocycles. The molecule has 6 N–H and O–H groups in total. The number of aliphatic hydroxyl groups excluding tert-OH is 3. The first-order valence-electron chi connectivity index (χ1n) is 12.7. The van der Waals surface area contributed by atoms with E-state index in [2.05, 4.69) is 4.98 Å². The molecule has 0 saturated heterocycles. The van der Waals surface area contributed by atoms with Gasteiger partial charge in [0.2, 0.25) is 5.78 Å². The highest BCUT2D eigenvalue weighted by Gasteiger charge is 2.64. The van der Waals surface area contributed by atoms with Gasteiger partial charge < -0.3 is 31.1 Å². The van der Waals surface area contributed by atoms with Crippen LogP contribution in [0.25, 0.3) is 5.57 Å². The van der Waals surface area contributed by atoms with Crippen molar-refractivity contribution in [3.63, 3.8) is 0 Å². The highest BCUT2D eigenvalue weighted by Crippen LogP contribution is 2.55. The van der Waals surface area contributed by atoms with E-state index in [1.807, 2.05) is 19.0 Å². The molecular formula is C28H32N4O7. The van der Waals surface area contributed by atoms with Crippen molar-refractivity contribution in [1.29, 1.82) is 0 Å². The summed E-state index contributed by atoms with van der Waals surface area (Å²) in [5, 5.41) is 45.6. The van der Waals surface area contributed by atoms with Crippen molar-refractivity contribution in [2.45, 2.75) is 30.6 Å². The molecule has 1 amide bonds. The molecule has 6 atom stereocenters. The molecule has 0 bridgehead atoms. The number of carbonyl (C=O) groups excluding carboxylic acids is 3. The molecule has 4 aliphatic rings. The summed E-state index contributed by atoms with van der Waals surface area (Å²) in [5.41, 5.74) is 4.08. The number of hydrogen-bond acceptors (Lipinski definition) is 10. The van der Waals surface area contributed by atoms with Crippen LogP contribution in [0.3, 0.4) is 0 Å². The topological polar surface area (TPSA) is 178 Å². The minimum atomic E-state index is -2.65. The molecule has 11 heteroatoms. The zero-order chi connectivity index (χ0) is 28.5. The number of nitrogens with two attached hydrogens (primary N) is 1. The van der Waals surface area contributed by atoms with Crippen molar-refractivity contribution in [2.75, 3.05) is 28.2 Å². The van der Waals surface area contributed by atoms with Crippen molar-refractivity contribution >= 4 is 23.0 Å². The third-order valence-corrected chi connectivity index (χ3v) is 8.48. The van der Waals surface area contributed by atoms with E-state index in [0.29, 0.717) is 16.8 Å². The summed E-state index contributed by atoms with van der Waals surface area (Å²) in [4.78, 5) is 47.4. The zero-order valence-electron chi connectivity index (χ0n) is 22.1. The summed E-state index contributed by atoms with van der Waals surface area (Å²) in [6, 6.07) is 4.20. The Kier molecular flexibility index (Phi) is 6.28. The number of likely N-dealkylation sites (N-methyl/N-ethyl adjacent to an activating group) is 2. The minimum Gasteiger partial charge on any atom is -0.510 e. The van der Waals surface area contributed by atoms with Gasteiger partial charge in [0.1, 0.15) is 17.1 Å². The molecule has 0 aliphatic heterocycles. The number of amides is 1. The molecule has 4 aliphatic carbocycles. The van der Waals surface area contributed by atoms with Gasteiger partial charge in [-0.3, -0.25) is 24.3 Å². The number of Topliss-reactive ketones (excluding diaryl/α,β-unsaturated/α-hetero) is 2. The number of rotatable bonds is 4. The summed E-state index contributed by atoms with van der Waals surface area (Å²) in [5.74, 6) is -7.32. The van der Waals surface area contributed by atoms with Crippen molar-refractivity contribution in [3.05, 3.63) is 70.1 Å². The molecule has 5 rings (SSSR count). The zero-order valence-corrected chi connectivity index (χ0v) is 22.1. The van der Waals surface area contributed by atoms with Gasteiger partial charge >= 0.3 is 0 Å². The number of ketones is 2. The first kappa shape index (κ1) is 26.8. The molecule has 1 saturated carbocycles. The summed E-state index contributed by atoms with van der Waals surface area (Å²) in [6.07, 6.45) is 2.41. The van der Waals surface area contributed by atoms with Gasteiger partial charge in [-0.25, -0.2) is 0 Å². The Labute approximate surface area is 225 Å². The minimum absolute atomic E-state index is 0.0517. The number of aromatic nitrogens is 1. The number of aliphatic hydroxyl groups is 4. The Morgan fingerprint density at radius 1 is 1.15 bits per heavy atom. The number of hydrogen-bond donors (Lipinski definition) is 5. The Morgan fingerprint density at radius 2 is 1.85 bits per heavy atom. The Bertz CT molecular complexity index is 1410. The number of fused-ring (bicyclic) bond motifs is 3. The Morgan fingerprint density at radius 3 is 2.41 bits per heavy atom. The van der Waals surface area contributed by atoms with Gasteiger partial charge in [0.05, 0.1) is 23.8 Å². The van der Waals surface area contributed by atoms with Gasteiger partial charge in [-0.15, -0.1) is 0 Å². The largest absolute Gasteiger partial charge is 0.510 e. The fourth-order valence-electron chi connectivity index (χ4n) is 6.79. The van der Waals surface area contributed by atoms with Gasteiger partial charge in [-0.05, 0) is 56.6 Å². The van der Waals surface area contributed by atoms with Crippen molar-refractivity contribution in [2.24, 2.45) is 23.5 Å². The Balaban J connectivity index is 1.70. The van der Waals surface area contributed by atoms with Crippen LogP contribution in [-0.4, -0.2) is 98.6 Å². The number of carbonyl (C=O) groups is 3. The number of pyridine rings is 1. The van der Waals surface area contributed by atoms with E-state index in [4.69, 9.17) is 5.73 Å². The van der Waals surface area contributed by atoms with E-state index in [1.165, 1.54) is 4.90 Å². The second kappa shape index (κ2) is 9.15. The van der Waals surface area contributed by atoms with Crippen LogP contribution < -0.4 is 5.73 Å². The number of nitrogens with zero attached hydrogens (tertiary/aromatic N) is 3. The maximum Gasteiger partial charge on any atom is 0.255 e. The molecular weight excluding hydrogens is 504 g/mol. The summed E-state index contributed by atoms with van der Waals surface area (Å²) in [7, 11) is 6.85. The smallest absolute Gasteiger partial charge is 0.255 e. The molecule has 1 aromatic heterocycles. The number of primary amides is 1. The lowest BCUT2D eigenvalue weighted by Crippen LogP contribution is -2.64. The normalized spacial score (nSPS) is 32.6. The first-order valence-corrected chi connectivity index (χ1v) is 12.7. The summed E-state index contributed by atoms with van der Waals surface area (Å²) < 4.78 is 0. The average molecular weight is 537 g/mol. The SMILES string of the molecule is CN(C)C1=C2C[C@H]3C[C@H]4[C@H](N(C)C)C(O)=C(C(N)=O)C(=O)[C@@]4(O)C(O)=C3C(=O)C2C(O)C(c2ccccn2)=C1. The molecule has 2 unspecified atom stereocenters. The van der Waals surface area contributed by atoms with Crippen LogP contribution in [0.2, 0.25) is 0 Å². The van der Waals surface area contributed by atoms with Gasteiger partial charge in [-0.1, -0.05) is 6.07 Å². The molecule has 1 aromatic rings. The van der Waals surface area contributed by atoms with E-state index in [9.17, 15) is 34.8 Å². The quantitative estimate of drug-likeness (QED) is 0.335. The fraction of sp³-hybridized carbons (Fsp3) is 0.429. The lowest BCUT2D eigenvalue weighted by Gasteiger charge is -2.51. The highest BCUT2D eigenvalue weighted by atomic mass is 16.3. The maximum absolute atomic E-state index is 14.1. The Hall–Kier alpha value is -3.80. The van der Waals surface area contributed by atoms with Crippen LogP contribution in [0.5, 0.6) is 0 Å². The van der Waals surface area contributed by atoms with Crippen LogP contribution in [0.4, 0.5) is 0 Å². The predicted molar refractivity (Wildman–Crippen MR) is 140 cm³/mol. The van der Waals surface area contributed by atoms with Gasteiger partial charge in [0.25, 0.3) is 5.91 Å². The van der Waals surface area contributed by atoms with E-state index in [-0.39, 0.29) is 18.4 Å². The van der Waals surface area contributed by atoms with Crippen LogP contribution in [-0.2, 0) is 14.4 Å². The highest BCUT2D eigenvalue weighted by molar-refractivity contribution is 6.24. The summed E-state index contributed by atoms with van der Waals surface area (Å²) in [6.45, 7) is 0. The van der Waals surface area contributed by atoms with Crippen LogP contribution in [0.15, 0.2) is 64.4 Å². The molecule has 0 radical (unpaired) electrons. The lowest BCUT2D eigenvalue weighted by atomic mass is 9.56. The van der Waals surface area contributed by atoms with E-state index >= 15 is 0 Å². The number of allylic oxidation sites excluding steroid dienone is 2. The van der Waals surface area contributed by atoms with Gasteiger partial charge in [0, 0.05) is 43.1 Å². The standard InChI is InChI=1S/C28H32N4O7/c1-31(2)17-11-13(16-7-5-6-8-30-16)22(33)19-14(17)9-12-10-15-21(32(3)4)24(35)20(27(29)38)26(37)28(15,39)25(36)18(12)23(19)34/h5-8,11-12,15,19,21-22,33,35-36,39H,9-10H2,1-4H3,(H2,29,38)/t12-,15-,19?,21-,22?,28-/m0/s1. The molecule has 0 spiro atoms. The average Bonchev–Trinajstić information content (AvgIpc) is 2.86. The lowest BCUT2D eigenvalue weighted by molar-refractivity contribution is -0.149. The van der Waals surface area contributed by atoms with Crippen LogP contribution >= 0.6 is 0 Å². The molecule has 11 nitrogen and oxygen atoms in total. The maximum atomic E-state index is 14.1. The molecule has 206 valence electrons. The van der Waals surface area contributed by atoms with E-state index in [0.717, 1.165) is 5.70 Å². The van der Waals surface area contributed by atoms with Crippen LogP contribution in [0, 0.1) is 17.8 Å². The third kappa shape index (κ3) is 3.68. The fourth-order valence-corrected chi connectivity index (χ4v) is 6.79. The van der Waals surface area contributed by atoms with E-state index in [1.54, 1.807) is 44.6 Å². The van der Waals surface area contributed by atoms with Crippen molar-refractivity contribution in [3.8, 4) is 0 Å². The van der Waals surface area contributed by atoms with Gasteiger partial charge in [-0.2, -0.15) is 0 Å². The first-order chi connectivity index (χ1) is 18.3. The monoisotopic (exact) mass is 536 g/mol. The van der Waals surface area contributed by atoms with Crippen molar-refractivity contribution < 1.29 is 34.8 Å². The van der Waals surface area contributed by atoms with E-state index < -0.39 is 70.1 Å². The molecule has 0 aromatic carbocycles. The predicted octanol–water partition coefficient (Wildman–Crippen LogP) is 0.234. The molecule has 1 fully saturated rings. The summed E-state index contributed by atoms with van der Waals surface area (Å²) >= 11 is 0. The molecule has 39 heavy (non-hydrogen) atoms. The van der Waals surface area contributed by atoms with Gasteiger partial charge in [0.15, 0.2) is 11.4 Å². The third-order valence-electron chi connectivity index (χ3n) is 8.48.